The van der Waals surface area contributed by atoms with E-state index in [1.54, 1.807) is 24.3 Å². The van der Waals surface area contributed by atoms with Crippen LogP contribution in [0.1, 0.15) is 5.56 Å². The molecule has 178 valence electrons. The fraction of sp³-hybridized carbons (Fsp3) is 0.0435. The second kappa shape index (κ2) is 10.8. The number of nitro groups is 1. The third-order valence-corrected chi connectivity index (χ3v) is 6.24. The second-order valence-corrected chi connectivity index (χ2v) is 9.30. The summed E-state index contributed by atoms with van der Waals surface area (Å²) in [6, 6.07) is 17.1. The van der Waals surface area contributed by atoms with E-state index in [4.69, 9.17) is 8.92 Å². The van der Waals surface area contributed by atoms with E-state index < -0.39 is 31.5 Å². The van der Waals surface area contributed by atoms with Gasteiger partial charge in [-0.1, -0.05) is 28.1 Å². The molecule has 1 N–H and O–H groups in total. The molecular weight excluding hydrogens is 542 g/mol. The van der Waals surface area contributed by atoms with Crippen molar-refractivity contribution in [2.45, 2.75) is 4.90 Å². The summed E-state index contributed by atoms with van der Waals surface area (Å²) in [5.41, 5.74) is 0.247. The van der Waals surface area contributed by atoms with Gasteiger partial charge in [0.15, 0.2) is 11.5 Å². The number of hydrogen-bond donors (Lipinski definition) is 1. The van der Waals surface area contributed by atoms with Crippen LogP contribution in [0.5, 0.6) is 11.5 Å². The maximum atomic E-state index is 12.6. The van der Waals surface area contributed by atoms with Crippen molar-refractivity contribution in [3.63, 3.8) is 0 Å². The fourth-order valence-corrected chi connectivity index (χ4v) is 4.05. The van der Waals surface area contributed by atoms with Crippen LogP contribution in [0.3, 0.4) is 0 Å². The van der Waals surface area contributed by atoms with E-state index in [1.807, 2.05) is 6.07 Å². The van der Waals surface area contributed by atoms with Crippen molar-refractivity contribution in [2.75, 3.05) is 12.4 Å². The fourth-order valence-electron chi connectivity index (χ4n) is 2.81. The van der Waals surface area contributed by atoms with Crippen LogP contribution in [0, 0.1) is 21.4 Å². The number of amides is 1. The summed E-state index contributed by atoms with van der Waals surface area (Å²) in [6.07, 6.45) is 1.30. The van der Waals surface area contributed by atoms with Crippen LogP contribution in [0.4, 0.5) is 11.4 Å². The summed E-state index contributed by atoms with van der Waals surface area (Å²) in [5, 5.41) is 23.0. The number of nitriles is 1. The summed E-state index contributed by atoms with van der Waals surface area (Å²) in [7, 11) is -3.13. The first-order valence-corrected chi connectivity index (χ1v) is 11.9. The van der Waals surface area contributed by atoms with Crippen LogP contribution in [0.15, 0.2) is 81.7 Å². The molecule has 0 aliphatic carbocycles. The average Bonchev–Trinajstić information content (AvgIpc) is 2.84. The van der Waals surface area contributed by atoms with Gasteiger partial charge < -0.3 is 14.2 Å². The molecule has 3 rings (SSSR count). The molecule has 3 aromatic rings. The van der Waals surface area contributed by atoms with Crippen LogP contribution in [0.25, 0.3) is 6.08 Å². The quantitative estimate of drug-likeness (QED) is 0.138. The molecular formula is C23H16BrN3O7S. The first kappa shape index (κ1) is 25.4. The highest BCUT2D eigenvalue weighted by Gasteiger charge is 2.22. The Morgan fingerprint density at radius 3 is 2.46 bits per heavy atom. The van der Waals surface area contributed by atoms with Crippen molar-refractivity contribution in [1.82, 2.24) is 0 Å². The molecule has 0 saturated heterocycles. The van der Waals surface area contributed by atoms with Gasteiger partial charge in [-0.3, -0.25) is 14.9 Å². The highest BCUT2D eigenvalue weighted by molar-refractivity contribution is 9.10. The monoisotopic (exact) mass is 557 g/mol. The standard InChI is InChI=1S/C23H16BrN3O7S/c1-33-22-12-15(11-16(14-25)23(28)26-18-8-6-17(24)7-9-18)5-10-21(22)34-35(31,32)20-4-2-3-19(13-20)27(29)30/h2-13H,1H3,(H,26,28)/b16-11-. The summed E-state index contributed by atoms with van der Waals surface area (Å²) >= 11 is 3.29. The van der Waals surface area contributed by atoms with Crippen LogP contribution in [0.2, 0.25) is 0 Å². The Hall–Kier alpha value is -4.21. The van der Waals surface area contributed by atoms with E-state index in [2.05, 4.69) is 21.2 Å². The van der Waals surface area contributed by atoms with Crippen molar-refractivity contribution in [2.24, 2.45) is 0 Å². The Morgan fingerprint density at radius 1 is 1.11 bits per heavy atom. The lowest BCUT2D eigenvalue weighted by Crippen LogP contribution is -2.13. The van der Waals surface area contributed by atoms with E-state index in [0.29, 0.717) is 11.3 Å². The summed E-state index contributed by atoms with van der Waals surface area (Å²) in [5.74, 6) is -0.824. The molecule has 0 heterocycles. The number of methoxy groups -OCH3 is 1. The lowest BCUT2D eigenvalue weighted by Gasteiger charge is -2.11. The van der Waals surface area contributed by atoms with E-state index in [0.717, 1.165) is 22.7 Å². The van der Waals surface area contributed by atoms with Gasteiger partial charge in [-0.15, -0.1) is 0 Å². The van der Waals surface area contributed by atoms with Gasteiger partial charge in [0.2, 0.25) is 0 Å². The number of carbonyl (C=O) groups is 1. The number of hydrogen-bond acceptors (Lipinski definition) is 8. The van der Waals surface area contributed by atoms with Crippen molar-refractivity contribution in [1.29, 1.82) is 5.26 Å². The first-order valence-electron chi connectivity index (χ1n) is 9.68. The smallest absolute Gasteiger partial charge is 0.339 e. The number of non-ortho nitro benzene ring substituents is 1. The zero-order valence-corrected chi connectivity index (χ0v) is 20.4. The predicted molar refractivity (Wildman–Crippen MR) is 130 cm³/mol. The molecule has 0 aromatic heterocycles. The number of nitrogens with zero attached hydrogens (tertiary/aromatic N) is 2. The van der Waals surface area contributed by atoms with Gasteiger partial charge in [-0.2, -0.15) is 13.7 Å². The van der Waals surface area contributed by atoms with Crippen LogP contribution in [-0.2, 0) is 14.9 Å². The van der Waals surface area contributed by atoms with Gasteiger partial charge in [0.1, 0.15) is 16.5 Å². The van der Waals surface area contributed by atoms with Gasteiger partial charge in [0.25, 0.3) is 11.6 Å². The molecule has 0 bridgehead atoms. The zero-order chi connectivity index (χ0) is 25.6. The number of carbonyl (C=O) groups excluding carboxylic acids is 1. The first-order chi connectivity index (χ1) is 16.6. The van der Waals surface area contributed by atoms with Crippen LogP contribution in [-0.4, -0.2) is 26.4 Å². The third kappa shape index (κ3) is 6.44. The molecule has 35 heavy (non-hydrogen) atoms. The van der Waals surface area contributed by atoms with E-state index in [-0.39, 0.29) is 17.1 Å². The maximum absolute atomic E-state index is 12.6. The van der Waals surface area contributed by atoms with E-state index in [9.17, 15) is 28.6 Å². The SMILES string of the molecule is COc1cc(/C=C(/C#N)C(=O)Nc2ccc(Br)cc2)ccc1OS(=O)(=O)c1cccc([N+](=O)[O-])c1. The molecule has 3 aromatic carbocycles. The van der Waals surface area contributed by atoms with Crippen molar-refractivity contribution in [3.05, 3.63) is 92.5 Å². The molecule has 0 fully saturated rings. The lowest BCUT2D eigenvalue weighted by atomic mass is 10.1. The highest BCUT2D eigenvalue weighted by atomic mass is 79.9. The minimum absolute atomic E-state index is 0.00152. The Labute approximate surface area is 208 Å². The summed E-state index contributed by atoms with van der Waals surface area (Å²) in [6.45, 7) is 0. The predicted octanol–water partition coefficient (Wildman–Crippen LogP) is 4.68. The van der Waals surface area contributed by atoms with Gasteiger partial charge in [0, 0.05) is 22.3 Å². The van der Waals surface area contributed by atoms with Crippen LogP contribution >= 0.6 is 15.9 Å². The number of rotatable bonds is 8. The second-order valence-electron chi connectivity index (χ2n) is 6.83. The Bertz CT molecular complexity index is 1460. The highest BCUT2D eigenvalue weighted by Crippen LogP contribution is 2.32. The summed E-state index contributed by atoms with van der Waals surface area (Å²) in [4.78, 5) is 22.3. The maximum Gasteiger partial charge on any atom is 0.339 e. The number of benzene rings is 3. The number of halogens is 1. The molecule has 0 aliphatic heterocycles. The van der Waals surface area contributed by atoms with Crippen molar-refractivity contribution in [3.8, 4) is 17.6 Å². The van der Waals surface area contributed by atoms with Gasteiger partial charge in [-0.25, -0.2) is 0 Å². The number of nitro benzene ring substituents is 1. The molecule has 0 saturated carbocycles. The van der Waals surface area contributed by atoms with E-state index >= 15 is 0 Å². The van der Waals surface area contributed by atoms with Crippen molar-refractivity contribution >= 4 is 49.4 Å². The average molecular weight is 558 g/mol. The minimum atomic E-state index is -4.41. The number of anilines is 1. The molecule has 0 radical (unpaired) electrons. The van der Waals surface area contributed by atoms with Gasteiger partial charge >= 0.3 is 10.1 Å². The lowest BCUT2D eigenvalue weighted by molar-refractivity contribution is -0.385. The van der Waals surface area contributed by atoms with Gasteiger partial charge in [-0.05, 0) is 54.1 Å². The Morgan fingerprint density at radius 2 is 1.83 bits per heavy atom. The summed E-state index contributed by atoms with van der Waals surface area (Å²) < 4.78 is 36.4. The molecule has 0 aliphatic rings. The molecule has 10 nitrogen and oxygen atoms in total. The normalized spacial score (nSPS) is 11.3. The molecule has 12 heteroatoms. The third-order valence-electron chi connectivity index (χ3n) is 4.48. The molecule has 0 unspecified atom stereocenters. The Kier molecular flexibility index (Phi) is 7.85. The van der Waals surface area contributed by atoms with Crippen molar-refractivity contribution < 1.29 is 27.1 Å². The minimum Gasteiger partial charge on any atom is -0.493 e. The molecule has 0 spiro atoms. The Balaban J connectivity index is 1.85. The largest absolute Gasteiger partial charge is 0.493 e. The molecule has 0 atom stereocenters. The number of nitrogens with one attached hydrogen (secondary N) is 1. The van der Waals surface area contributed by atoms with Crippen LogP contribution < -0.4 is 14.2 Å². The molecule has 1 amide bonds. The topological polar surface area (TPSA) is 149 Å². The van der Waals surface area contributed by atoms with Gasteiger partial charge in [0.05, 0.1) is 12.0 Å². The van der Waals surface area contributed by atoms with E-state index in [1.165, 1.54) is 37.5 Å². The zero-order valence-electron chi connectivity index (χ0n) is 18.0. The number of ether oxygens (including phenoxy) is 1.